The van der Waals surface area contributed by atoms with Gasteiger partial charge in [-0.25, -0.2) is 33.4 Å². The molecule has 1 aromatic carbocycles. The Kier molecular flexibility index (Phi) is 21.9. The molecule has 25 nitrogen and oxygen atoms in total. The minimum atomic E-state index is -1.58. The van der Waals surface area contributed by atoms with Gasteiger partial charge in [0.05, 0.1) is 24.3 Å². The van der Waals surface area contributed by atoms with Gasteiger partial charge in [0.2, 0.25) is 0 Å². The van der Waals surface area contributed by atoms with Crippen molar-refractivity contribution in [2.75, 3.05) is 19.8 Å². The van der Waals surface area contributed by atoms with Crippen molar-refractivity contribution in [3.8, 4) is 5.69 Å². The number of hydrogen-bond acceptors (Lipinski definition) is 12. The summed E-state index contributed by atoms with van der Waals surface area (Å²) in [6, 6.07) is -4.25. The van der Waals surface area contributed by atoms with Crippen LogP contribution < -0.4 is 31.9 Å². The summed E-state index contributed by atoms with van der Waals surface area (Å²) in [5.41, 5.74) is 0.664. The number of hydrogen-bond donors (Lipinski definition) is 12. The van der Waals surface area contributed by atoms with Crippen LogP contribution in [0.1, 0.15) is 97.0 Å². The van der Waals surface area contributed by atoms with Crippen LogP contribution >= 0.6 is 0 Å². The summed E-state index contributed by atoms with van der Waals surface area (Å²) >= 11 is 0. The summed E-state index contributed by atoms with van der Waals surface area (Å²) in [5, 5.41) is 76.7. The number of carboxylic acid groups (broad SMARTS) is 6. The van der Waals surface area contributed by atoms with Crippen molar-refractivity contribution in [2.45, 2.75) is 101 Å². The molecule has 1 aromatic heterocycles. The Labute approximate surface area is 357 Å². The van der Waals surface area contributed by atoms with Gasteiger partial charge in [-0.15, -0.1) is 5.10 Å². The minimum absolute atomic E-state index is 0.00200. The molecule has 0 aliphatic carbocycles. The predicted molar refractivity (Wildman–Crippen MR) is 211 cm³/mol. The number of aryl methyl sites for hydroxylation is 1. The molecule has 0 bridgehead atoms. The van der Waals surface area contributed by atoms with Crippen LogP contribution in [0.25, 0.3) is 5.69 Å². The van der Waals surface area contributed by atoms with Crippen LogP contribution in [-0.4, -0.2) is 149 Å². The summed E-state index contributed by atoms with van der Waals surface area (Å²) in [5.74, 6) is -9.76. The van der Waals surface area contributed by atoms with E-state index in [0.29, 0.717) is 5.69 Å². The first-order chi connectivity index (χ1) is 29.8. The first kappa shape index (κ1) is 51.7. The smallest absolute Gasteiger partial charge is 0.326 e. The van der Waals surface area contributed by atoms with Crippen LogP contribution in [0, 0.1) is 0 Å². The third-order valence-corrected chi connectivity index (χ3v) is 8.93. The molecule has 0 saturated carbocycles. The van der Waals surface area contributed by atoms with Crippen LogP contribution in [0.2, 0.25) is 0 Å². The van der Waals surface area contributed by atoms with Crippen molar-refractivity contribution in [1.82, 2.24) is 46.9 Å². The molecule has 0 spiro atoms. The van der Waals surface area contributed by atoms with E-state index in [4.69, 9.17) is 10.2 Å². The molecule has 0 saturated heterocycles. The van der Waals surface area contributed by atoms with Gasteiger partial charge in [-0.2, -0.15) is 0 Å². The van der Waals surface area contributed by atoms with E-state index in [-0.39, 0.29) is 81.3 Å². The first-order valence-corrected chi connectivity index (χ1v) is 19.5. The average molecular weight is 896 g/mol. The number of carbonyl (C=O) groups is 10. The van der Waals surface area contributed by atoms with E-state index in [9.17, 15) is 72.8 Å². The minimum Gasteiger partial charge on any atom is -0.481 e. The zero-order chi connectivity index (χ0) is 47.1. The van der Waals surface area contributed by atoms with Crippen LogP contribution in [0.3, 0.4) is 0 Å². The molecule has 0 fully saturated rings. The molecular weight excluding hydrogens is 845 g/mol. The van der Waals surface area contributed by atoms with Crippen LogP contribution in [0.4, 0.5) is 14.0 Å². The maximum Gasteiger partial charge on any atom is 0.326 e. The number of nitrogens with one attached hydrogen (secondary N) is 6. The molecule has 12 N–H and O–H groups in total. The summed E-state index contributed by atoms with van der Waals surface area (Å²) in [7, 11) is 0. The van der Waals surface area contributed by atoms with Crippen molar-refractivity contribution < 1.29 is 83.0 Å². The van der Waals surface area contributed by atoms with Gasteiger partial charge in [0.1, 0.15) is 24.2 Å². The Morgan fingerprint density at radius 3 is 1.32 bits per heavy atom. The van der Waals surface area contributed by atoms with Gasteiger partial charge in [0, 0.05) is 37.1 Å². The third kappa shape index (κ3) is 19.7. The van der Waals surface area contributed by atoms with Gasteiger partial charge < -0.3 is 62.5 Å². The summed E-state index contributed by atoms with van der Waals surface area (Å²) in [6.07, 6.45) is 0.420. The molecule has 4 atom stereocenters. The number of rotatable bonds is 30. The van der Waals surface area contributed by atoms with E-state index in [1.54, 1.807) is 0 Å². The number of amides is 6. The van der Waals surface area contributed by atoms with Crippen LogP contribution in [-0.2, 0) is 35.2 Å². The first-order valence-electron chi connectivity index (χ1n) is 19.5. The fraction of sp³-hybridized carbons (Fsp3) is 0.514. The van der Waals surface area contributed by atoms with E-state index in [1.807, 2.05) is 10.6 Å². The average Bonchev–Trinajstić information content (AvgIpc) is 3.70. The van der Waals surface area contributed by atoms with Gasteiger partial charge in [-0.1, -0.05) is 5.21 Å². The molecule has 0 aliphatic heterocycles. The lowest BCUT2D eigenvalue weighted by atomic mass is 10.1. The number of aromatic nitrogens is 3. The zero-order valence-electron chi connectivity index (χ0n) is 33.7. The lowest BCUT2D eigenvalue weighted by Gasteiger charge is -2.18. The number of aliphatic carboxylic acids is 6. The van der Waals surface area contributed by atoms with E-state index in [0.717, 1.165) is 0 Å². The molecule has 6 amide bonds. The SMILES string of the molecule is O=C(O)CC[C@@H](NC(=O)N[C@@H](CCCCNC(=O)c1cc(C(=O)NCCCC[C@H](NC(=O)N[C@H](CCC(=O)O)C(=O)O)C(=O)O)cc(-n2cc(CCCF)nn2)c1)C(=O)O)C(=O)O. The molecule has 0 unspecified atom stereocenters. The number of alkyl halides is 1. The Balaban J connectivity index is 2.04. The van der Waals surface area contributed by atoms with Crippen LogP contribution in [0.15, 0.2) is 24.4 Å². The van der Waals surface area contributed by atoms with E-state index >= 15 is 0 Å². The lowest BCUT2D eigenvalue weighted by Crippen LogP contribution is -2.51. The summed E-state index contributed by atoms with van der Waals surface area (Å²) in [6.45, 7) is -0.575. The standard InChI is InChI=1S/C37H50FN9O16/c38-13-5-6-22-19-47(46-45-22)23-17-20(30(52)39-14-3-1-7-24(32(54)55)41-36(62)43-26(34(58)59)9-11-28(48)49)16-21(18-23)31(53)40-15-4-2-8-25(33(56)57)42-37(63)44-27(35(60)61)10-12-29(50)51/h16-19,24-27H,1-15H2,(H,39,52)(H,40,53)(H,48,49)(H,50,51)(H,54,55)(H,56,57)(H,58,59)(H,60,61)(H2,41,43,62)(H2,42,44,63)/t24-,25-,26+,27+/m0/s1. The molecule has 63 heavy (non-hydrogen) atoms. The molecular formula is C37H50FN9O16. The number of carboxylic acids is 6. The molecule has 346 valence electrons. The number of nitrogens with zero attached hydrogens (tertiary/aromatic N) is 3. The van der Waals surface area contributed by atoms with Gasteiger partial charge in [0.25, 0.3) is 11.8 Å². The number of halogens is 1. The largest absolute Gasteiger partial charge is 0.481 e. The topological polar surface area (TPSA) is 395 Å². The number of urea groups is 2. The van der Waals surface area contributed by atoms with Crippen molar-refractivity contribution in [3.05, 3.63) is 41.2 Å². The van der Waals surface area contributed by atoms with Crippen molar-refractivity contribution in [2.24, 2.45) is 0 Å². The quantitative estimate of drug-likeness (QED) is 0.0463. The Morgan fingerprint density at radius 1 is 0.556 bits per heavy atom. The van der Waals surface area contributed by atoms with Crippen LogP contribution in [0.5, 0.6) is 0 Å². The normalized spacial score (nSPS) is 12.7. The van der Waals surface area contributed by atoms with Gasteiger partial charge in [-0.05, 0) is 82.4 Å². The summed E-state index contributed by atoms with van der Waals surface area (Å²) in [4.78, 5) is 119. The summed E-state index contributed by atoms with van der Waals surface area (Å²) < 4.78 is 14.0. The predicted octanol–water partition coefficient (Wildman–Crippen LogP) is 0.110. The number of benzene rings is 1. The second-order valence-corrected chi connectivity index (χ2v) is 13.9. The number of unbranched alkanes of at least 4 members (excludes halogenated alkanes) is 2. The van der Waals surface area contributed by atoms with E-state index < -0.39 is 116 Å². The highest BCUT2D eigenvalue weighted by Gasteiger charge is 2.26. The molecule has 2 aromatic rings. The molecule has 0 aliphatic rings. The Bertz CT molecular complexity index is 1850. The van der Waals surface area contributed by atoms with E-state index in [2.05, 4.69) is 31.6 Å². The molecule has 2 rings (SSSR count). The maximum absolute atomic E-state index is 13.3. The van der Waals surface area contributed by atoms with Gasteiger partial charge in [-0.3, -0.25) is 23.6 Å². The second-order valence-electron chi connectivity index (χ2n) is 13.9. The molecule has 0 radical (unpaired) electrons. The van der Waals surface area contributed by atoms with E-state index in [1.165, 1.54) is 29.1 Å². The fourth-order valence-corrected chi connectivity index (χ4v) is 5.63. The molecule has 26 heteroatoms. The highest BCUT2D eigenvalue weighted by molar-refractivity contribution is 6.00. The highest BCUT2D eigenvalue weighted by atomic mass is 19.1. The fourth-order valence-electron chi connectivity index (χ4n) is 5.63. The Morgan fingerprint density at radius 2 is 0.952 bits per heavy atom. The molecule has 1 heterocycles. The van der Waals surface area contributed by atoms with Gasteiger partial charge >= 0.3 is 47.9 Å². The van der Waals surface area contributed by atoms with Gasteiger partial charge in [0.15, 0.2) is 0 Å². The maximum atomic E-state index is 13.3. The van der Waals surface area contributed by atoms with Crippen molar-refractivity contribution in [3.63, 3.8) is 0 Å². The van der Waals surface area contributed by atoms with Crippen molar-refractivity contribution >= 4 is 59.7 Å². The zero-order valence-corrected chi connectivity index (χ0v) is 33.7. The highest BCUT2D eigenvalue weighted by Crippen LogP contribution is 2.16. The lowest BCUT2D eigenvalue weighted by molar-refractivity contribution is -0.142. The second kappa shape index (κ2) is 26.7. The third-order valence-electron chi connectivity index (χ3n) is 8.93. The van der Waals surface area contributed by atoms with Crippen molar-refractivity contribution in [1.29, 1.82) is 0 Å². The Hall–Kier alpha value is -7.41. The number of carbonyl (C=O) groups excluding carboxylic acids is 4. The monoisotopic (exact) mass is 895 g/mol.